The van der Waals surface area contributed by atoms with Gasteiger partial charge in [-0.3, -0.25) is 19.7 Å². The topological polar surface area (TPSA) is 102 Å². The van der Waals surface area contributed by atoms with E-state index in [0.29, 0.717) is 5.56 Å². The van der Waals surface area contributed by atoms with Gasteiger partial charge in [0.25, 0.3) is 5.91 Å². The maximum absolute atomic E-state index is 12.1. The number of carbonyl (C=O) groups excluding carboxylic acids is 4. The minimum atomic E-state index is -0.688. The third-order valence-corrected chi connectivity index (χ3v) is 5.42. The molecule has 0 atom stereocenters. The number of imide groups is 1. The van der Waals surface area contributed by atoms with Crippen LogP contribution >= 0.6 is 11.3 Å². The Bertz CT molecular complexity index is 707. The third-order valence-electron chi connectivity index (χ3n) is 4.46. The first kappa shape index (κ1) is 21.1. The highest BCUT2D eigenvalue weighted by Crippen LogP contribution is 2.22. The number of carbonyl (C=O) groups is 4. The summed E-state index contributed by atoms with van der Waals surface area (Å²) in [6, 6.07) is 1.33. The molecule has 0 aliphatic heterocycles. The van der Waals surface area contributed by atoms with Crippen molar-refractivity contribution in [3.63, 3.8) is 0 Å². The third kappa shape index (κ3) is 7.13. The van der Waals surface area contributed by atoms with E-state index in [1.54, 1.807) is 0 Å². The minimum absolute atomic E-state index is 0.0274. The van der Waals surface area contributed by atoms with Crippen LogP contribution in [0.25, 0.3) is 0 Å². The first-order valence-electron chi connectivity index (χ1n) is 9.21. The molecule has 0 unspecified atom stereocenters. The number of nitrogens with one attached hydrogen (secondary N) is 2. The van der Waals surface area contributed by atoms with Crippen LogP contribution in [0.3, 0.4) is 0 Å². The first-order chi connectivity index (χ1) is 12.8. The molecule has 0 aromatic carbocycles. The Morgan fingerprint density at radius 1 is 1.11 bits per heavy atom. The summed E-state index contributed by atoms with van der Waals surface area (Å²) in [5.74, 6) is -1.45. The van der Waals surface area contributed by atoms with Gasteiger partial charge in [0.05, 0.1) is 6.42 Å². The second-order valence-corrected chi connectivity index (χ2v) is 8.23. The smallest absolute Gasteiger partial charge is 0.321 e. The molecule has 27 heavy (non-hydrogen) atoms. The number of rotatable bonds is 7. The van der Waals surface area contributed by atoms with Crippen LogP contribution in [0.5, 0.6) is 0 Å². The Kier molecular flexibility index (Phi) is 7.97. The molecule has 1 fully saturated rings. The summed E-state index contributed by atoms with van der Waals surface area (Å²) in [4.78, 5) is 49.3. The first-order valence-corrected chi connectivity index (χ1v) is 10.0. The van der Waals surface area contributed by atoms with E-state index in [1.807, 2.05) is 19.9 Å². The number of hydrogen-bond donors (Lipinski definition) is 2. The van der Waals surface area contributed by atoms with Crippen molar-refractivity contribution < 1.29 is 23.9 Å². The van der Waals surface area contributed by atoms with Crippen molar-refractivity contribution >= 4 is 35.0 Å². The summed E-state index contributed by atoms with van der Waals surface area (Å²) in [6.07, 6.45) is 5.05. The van der Waals surface area contributed by atoms with Crippen molar-refractivity contribution in [2.75, 3.05) is 6.61 Å². The van der Waals surface area contributed by atoms with Crippen molar-refractivity contribution in [3.8, 4) is 0 Å². The molecule has 1 aromatic heterocycles. The maximum Gasteiger partial charge on any atom is 0.321 e. The van der Waals surface area contributed by atoms with Crippen LogP contribution in [-0.2, 0) is 14.3 Å². The number of thiophene rings is 1. The molecule has 0 spiro atoms. The molecule has 2 rings (SSSR count). The second kappa shape index (κ2) is 10.2. The van der Waals surface area contributed by atoms with Crippen molar-refractivity contribution in [1.82, 2.24) is 10.6 Å². The van der Waals surface area contributed by atoms with E-state index in [9.17, 15) is 19.2 Å². The molecule has 0 radical (unpaired) electrons. The lowest BCUT2D eigenvalue weighted by Gasteiger charge is -2.22. The number of hydrogen-bond acceptors (Lipinski definition) is 6. The zero-order valence-corrected chi connectivity index (χ0v) is 16.6. The highest BCUT2D eigenvalue weighted by atomic mass is 32.1. The fourth-order valence-corrected chi connectivity index (χ4v) is 4.05. The summed E-state index contributed by atoms with van der Waals surface area (Å²) in [6.45, 7) is 3.25. The van der Waals surface area contributed by atoms with E-state index in [4.69, 9.17) is 4.74 Å². The molecule has 8 heteroatoms. The van der Waals surface area contributed by atoms with Crippen LogP contribution in [0.2, 0.25) is 0 Å². The van der Waals surface area contributed by atoms with Gasteiger partial charge < -0.3 is 10.1 Å². The number of aryl methyl sites for hydroxylation is 2. The fraction of sp³-hybridized carbons (Fsp3) is 0.579. The summed E-state index contributed by atoms with van der Waals surface area (Å²) in [7, 11) is 0. The quantitative estimate of drug-likeness (QED) is 0.547. The highest BCUT2D eigenvalue weighted by Gasteiger charge is 2.18. The van der Waals surface area contributed by atoms with Crippen molar-refractivity contribution in [3.05, 3.63) is 21.4 Å². The molecule has 1 aliphatic carbocycles. The van der Waals surface area contributed by atoms with E-state index in [0.717, 1.165) is 35.4 Å². The predicted molar refractivity (Wildman–Crippen MR) is 102 cm³/mol. The Labute approximate surface area is 162 Å². The molecule has 148 valence electrons. The number of amides is 3. The number of esters is 1. The average molecular weight is 394 g/mol. The summed E-state index contributed by atoms with van der Waals surface area (Å²) in [5, 5.41) is 4.90. The van der Waals surface area contributed by atoms with Gasteiger partial charge in [0.1, 0.15) is 0 Å². The lowest BCUT2D eigenvalue weighted by atomic mass is 9.96. The number of Topliss-reactive ketones (excluding diaryl/α,β-unsaturated/α-hetero) is 1. The molecule has 3 amide bonds. The maximum atomic E-state index is 12.1. The number of ether oxygens (including phenoxy) is 1. The summed E-state index contributed by atoms with van der Waals surface area (Å²) in [5.41, 5.74) is 0.627. The van der Waals surface area contributed by atoms with Gasteiger partial charge in [-0.2, -0.15) is 0 Å². The number of ketones is 1. The van der Waals surface area contributed by atoms with Crippen LogP contribution in [0, 0.1) is 13.8 Å². The van der Waals surface area contributed by atoms with Crippen molar-refractivity contribution in [2.45, 2.75) is 64.8 Å². The van der Waals surface area contributed by atoms with E-state index in [2.05, 4.69) is 10.6 Å². The van der Waals surface area contributed by atoms with E-state index < -0.39 is 24.5 Å². The van der Waals surface area contributed by atoms with Gasteiger partial charge in [-0.1, -0.05) is 19.3 Å². The zero-order chi connectivity index (χ0) is 19.8. The molecular formula is C19H26N2O5S. The largest absolute Gasteiger partial charge is 0.456 e. The highest BCUT2D eigenvalue weighted by molar-refractivity contribution is 7.12. The minimum Gasteiger partial charge on any atom is -0.456 e. The van der Waals surface area contributed by atoms with E-state index in [-0.39, 0.29) is 24.7 Å². The van der Waals surface area contributed by atoms with Crippen molar-refractivity contribution in [1.29, 1.82) is 0 Å². The van der Waals surface area contributed by atoms with Crippen LogP contribution in [0.4, 0.5) is 4.79 Å². The van der Waals surface area contributed by atoms with Gasteiger partial charge in [-0.25, -0.2) is 4.79 Å². The molecule has 1 aliphatic rings. The SMILES string of the molecule is Cc1cc(C(=O)CCC(=O)OCC(=O)NC(=O)NC2CCCCC2)c(C)s1. The van der Waals surface area contributed by atoms with Gasteiger partial charge in [-0.15, -0.1) is 11.3 Å². The molecule has 2 N–H and O–H groups in total. The summed E-state index contributed by atoms with van der Waals surface area (Å²) < 4.78 is 4.84. The van der Waals surface area contributed by atoms with Gasteiger partial charge in [0, 0.05) is 27.8 Å². The normalized spacial score (nSPS) is 14.4. The van der Waals surface area contributed by atoms with Gasteiger partial charge in [0.15, 0.2) is 12.4 Å². The van der Waals surface area contributed by atoms with Crippen LogP contribution in [-0.4, -0.2) is 36.3 Å². The Balaban J connectivity index is 1.64. The molecule has 7 nitrogen and oxygen atoms in total. The molecule has 1 saturated carbocycles. The van der Waals surface area contributed by atoms with E-state index in [1.165, 1.54) is 17.8 Å². The Hall–Kier alpha value is -2.22. The predicted octanol–water partition coefficient (Wildman–Crippen LogP) is 3.03. The lowest BCUT2D eigenvalue weighted by molar-refractivity contribution is -0.148. The standard InChI is InChI=1S/C19H26N2O5S/c1-12-10-15(13(2)27-12)16(22)8-9-18(24)26-11-17(23)21-19(25)20-14-6-4-3-5-7-14/h10,14H,3-9,11H2,1-2H3,(H2,20,21,23,25). The average Bonchev–Trinajstić information content (AvgIpc) is 2.97. The number of urea groups is 1. The molecule has 1 heterocycles. The van der Waals surface area contributed by atoms with Crippen LogP contribution in [0.1, 0.15) is 65.1 Å². The van der Waals surface area contributed by atoms with Crippen LogP contribution in [0.15, 0.2) is 6.07 Å². The Morgan fingerprint density at radius 2 is 1.81 bits per heavy atom. The Morgan fingerprint density at radius 3 is 2.44 bits per heavy atom. The molecular weight excluding hydrogens is 368 g/mol. The van der Waals surface area contributed by atoms with Gasteiger partial charge in [-0.05, 0) is 32.8 Å². The molecule has 1 aromatic rings. The van der Waals surface area contributed by atoms with E-state index >= 15 is 0 Å². The van der Waals surface area contributed by atoms with Crippen molar-refractivity contribution in [2.24, 2.45) is 0 Å². The van der Waals surface area contributed by atoms with Crippen LogP contribution < -0.4 is 10.6 Å². The fourth-order valence-electron chi connectivity index (χ4n) is 3.11. The summed E-state index contributed by atoms with van der Waals surface area (Å²) >= 11 is 1.54. The second-order valence-electron chi connectivity index (χ2n) is 6.77. The monoisotopic (exact) mass is 394 g/mol. The molecule has 0 saturated heterocycles. The lowest BCUT2D eigenvalue weighted by Crippen LogP contribution is -2.46. The van der Waals surface area contributed by atoms with Gasteiger partial charge >= 0.3 is 12.0 Å². The zero-order valence-electron chi connectivity index (χ0n) is 15.8. The van der Waals surface area contributed by atoms with Gasteiger partial charge in [0.2, 0.25) is 0 Å². The molecule has 0 bridgehead atoms.